The molecule has 2 aliphatic rings. The fourth-order valence-electron chi connectivity index (χ4n) is 3.65. The zero-order valence-corrected chi connectivity index (χ0v) is 14.2. The minimum Gasteiger partial charge on any atom is -0.495 e. The largest absolute Gasteiger partial charge is 0.495 e. The molecule has 0 aromatic heterocycles. The van der Waals surface area contributed by atoms with Crippen LogP contribution in [0.25, 0.3) is 0 Å². The molecule has 1 aromatic carbocycles. The van der Waals surface area contributed by atoms with Crippen LogP contribution in [0, 0.1) is 5.92 Å². The summed E-state index contributed by atoms with van der Waals surface area (Å²) in [5.41, 5.74) is 0.638. The number of carboxylic acids is 1. The van der Waals surface area contributed by atoms with Gasteiger partial charge in [-0.25, -0.2) is 4.79 Å². The first kappa shape index (κ1) is 17.3. The van der Waals surface area contributed by atoms with Gasteiger partial charge in [0.05, 0.1) is 18.7 Å². The normalized spacial score (nSPS) is 23.6. The van der Waals surface area contributed by atoms with Crippen molar-refractivity contribution in [2.75, 3.05) is 25.1 Å². The lowest BCUT2D eigenvalue weighted by atomic mass is 9.98. The molecule has 1 unspecified atom stereocenters. The molecule has 134 valence electrons. The number of hydrogen-bond donors (Lipinski definition) is 1. The Morgan fingerprint density at radius 2 is 2.00 bits per heavy atom. The molecular formula is C18H22N2O5. The highest BCUT2D eigenvalue weighted by Crippen LogP contribution is 2.34. The van der Waals surface area contributed by atoms with Crippen LogP contribution in [0.1, 0.15) is 25.7 Å². The number of para-hydroxylation sites is 2. The highest BCUT2D eigenvalue weighted by molar-refractivity contribution is 6.01. The van der Waals surface area contributed by atoms with Crippen LogP contribution in [0.3, 0.4) is 0 Å². The predicted octanol–water partition coefficient (Wildman–Crippen LogP) is 1.51. The monoisotopic (exact) mass is 346 g/mol. The third kappa shape index (κ3) is 3.31. The summed E-state index contributed by atoms with van der Waals surface area (Å²) >= 11 is 0. The van der Waals surface area contributed by atoms with Crippen molar-refractivity contribution in [1.82, 2.24) is 4.90 Å². The molecule has 2 fully saturated rings. The second-order valence-corrected chi connectivity index (χ2v) is 6.46. The number of rotatable bonds is 4. The van der Waals surface area contributed by atoms with Crippen molar-refractivity contribution in [3.05, 3.63) is 24.3 Å². The van der Waals surface area contributed by atoms with Crippen LogP contribution in [0.2, 0.25) is 0 Å². The van der Waals surface area contributed by atoms with Gasteiger partial charge in [-0.2, -0.15) is 0 Å². The Kier molecular flexibility index (Phi) is 4.92. The maximum absolute atomic E-state index is 12.8. The number of aliphatic carboxylic acids is 1. The average molecular weight is 346 g/mol. The number of amides is 2. The number of carbonyl (C=O) groups excluding carboxylic acids is 2. The third-order valence-corrected chi connectivity index (χ3v) is 4.92. The highest BCUT2D eigenvalue weighted by Gasteiger charge is 2.41. The van der Waals surface area contributed by atoms with Gasteiger partial charge in [-0.3, -0.25) is 9.59 Å². The SMILES string of the molecule is COc1ccccc1N1CC(C(=O)N2CCCC[C@@H]2C(=O)O)CC1=O. The molecule has 1 aromatic rings. The smallest absolute Gasteiger partial charge is 0.326 e. The number of anilines is 1. The van der Waals surface area contributed by atoms with E-state index in [0.717, 1.165) is 12.8 Å². The molecule has 0 spiro atoms. The molecule has 2 amide bonds. The molecule has 3 rings (SSSR count). The van der Waals surface area contributed by atoms with Crippen LogP contribution in [-0.2, 0) is 14.4 Å². The molecule has 0 radical (unpaired) electrons. The number of piperidine rings is 1. The van der Waals surface area contributed by atoms with E-state index < -0.39 is 17.9 Å². The number of likely N-dealkylation sites (tertiary alicyclic amines) is 1. The molecule has 2 aliphatic heterocycles. The Balaban J connectivity index is 1.77. The zero-order chi connectivity index (χ0) is 18.0. The van der Waals surface area contributed by atoms with E-state index in [0.29, 0.717) is 24.4 Å². The Hall–Kier alpha value is -2.57. The minimum absolute atomic E-state index is 0.0969. The van der Waals surface area contributed by atoms with E-state index in [1.54, 1.807) is 17.0 Å². The lowest BCUT2D eigenvalue weighted by molar-refractivity contribution is -0.153. The van der Waals surface area contributed by atoms with E-state index in [-0.39, 0.29) is 24.8 Å². The maximum atomic E-state index is 12.8. The topological polar surface area (TPSA) is 87.2 Å². The summed E-state index contributed by atoms with van der Waals surface area (Å²) in [5, 5.41) is 9.36. The van der Waals surface area contributed by atoms with Crippen molar-refractivity contribution in [2.45, 2.75) is 31.7 Å². The van der Waals surface area contributed by atoms with Gasteiger partial charge in [0.25, 0.3) is 0 Å². The Morgan fingerprint density at radius 1 is 1.24 bits per heavy atom. The molecule has 2 saturated heterocycles. The number of nitrogens with zero attached hydrogens (tertiary/aromatic N) is 2. The van der Waals surface area contributed by atoms with E-state index in [1.165, 1.54) is 12.0 Å². The quantitative estimate of drug-likeness (QED) is 0.893. The van der Waals surface area contributed by atoms with Crippen molar-refractivity contribution in [2.24, 2.45) is 5.92 Å². The second kappa shape index (κ2) is 7.13. The van der Waals surface area contributed by atoms with Crippen LogP contribution >= 0.6 is 0 Å². The lowest BCUT2D eigenvalue weighted by Crippen LogP contribution is -2.50. The van der Waals surface area contributed by atoms with Gasteiger partial charge < -0.3 is 19.6 Å². The van der Waals surface area contributed by atoms with E-state index in [9.17, 15) is 19.5 Å². The first-order chi connectivity index (χ1) is 12.0. The van der Waals surface area contributed by atoms with Gasteiger partial charge in [-0.15, -0.1) is 0 Å². The van der Waals surface area contributed by atoms with Crippen LogP contribution in [0.4, 0.5) is 5.69 Å². The van der Waals surface area contributed by atoms with Gasteiger partial charge in [0.2, 0.25) is 11.8 Å². The summed E-state index contributed by atoms with van der Waals surface area (Å²) in [6.45, 7) is 0.691. The number of carbonyl (C=O) groups is 3. The van der Waals surface area contributed by atoms with Gasteiger partial charge in [0.1, 0.15) is 11.8 Å². The average Bonchev–Trinajstić information content (AvgIpc) is 3.02. The van der Waals surface area contributed by atoms with E-state index in [4.69, 9.17) is 4.74 Å². The highest BCUT2D eigenvalue weighted by atomic mass is 16.5. The summed E-state index contributed by atoms with van der Waals surface area (Å²) in [4.78, 5) is 39.7. The number of benzene rings is 1. The lowest BCUT2D eigenvalue weighted by Gasteiger charge is -2.34. The molecule has 1 N–H and O–H groups in total. The Labute approximate surface area is 146 Å². The van der Waals surface area contributed by atoms with E-state index >= 15 is 0 Å². The predicted molar refractivity (Wildman–Crippen MR) is 90.4 cm³/mol. The number of methoxy groups -OCH3 is 1. The molecule has 2 heterocycles. The van der Waals surface area contributed by atoms with Crippen LogP contribution in [-0.4, -0.2) is 54.0 Å². The van der Waals surface area contributed by atoms with Crippen molar-refractivity contribution in [3.8, 4) is 5.75 Å². The fraction of sp³-hybridized carbons (Fsp3) is 0.500. The number of ether oxygens (including phenoxy) is 1. The first-order valence-corrected chi connectivity index (χ1v) is 8.49. The molecule has 2 atom stereocenters. The summed E-state index contributed by atoms with van der Waals surface area (Å²) in [6.07, 6.45) is 2.17. The van der Waals surface area contributed by atoms with Crippen molar-refractivity contribution in [1.29, 1.82) is 0 Å². The minimum atomic E-state index is -0.973. The maximum Gasteiger partial charge on any atom is 0.326 e. The van der Waals surface area contributed by atoms with Crippen LogP contribution < -0.4 is 9.64 Å². The molecular weight excluding hydrogens is 324 g/mol. The van der Waals surface area contributed by atoms with Gasteiger partial charge in [-0.1, -0.05) is 12.1 Å². The summed E-state index contributed by atoms with van der Waals surface area (Å²) in [7, 11) is 1.53. The number of hydrogen-bond acceptors (Lipinski definition) is 4. The Bertz CT molecular complexity index is 690. The van der Waals surface area contributed by atoms with Crippen molar-refractivity contribution < 1.29 is 24.2 Å². The van der Waals surface area contributed by atoms with Crippen molar-refractivity contribution in [3.63, 3.8) is 0 Å². The Morgan fingerprint density at radius 3 is 2.72 bits per heavy atom. The third-order valence-electron chi connectivity index (χ3n) is 4.92. The molecule has 0 saturated carbocycles. The van der Waals surface area contributed by atoms with Gasteiger partial charge in [0, 0.05) is 19.5 Å². The standard InChI is InChI=1S/C18H22N2O5/c1-25-15-8-3-2-6-13(15)20-11-12(10-16(20)21)17(22)19-9-5-4-7-14(19)18(23)24/h2-3,6,8,12,14H,4-5,7,9-11H2,1H3,(H,23,24)/t12?,14-/m1/s1. The zero-order valence-electron chi connectivity index (χ0n) is 14.2. The van der Waals surface area contributed by atoms with Crippen molar-refractivity contribution >= 4 is 23.5 Å². The van der Waals surface area contributed by atoms with Gasteiger partial charge in [-0.05, 0) is 31.4 Å². The molecule has 0 aliphatic carbocycles. The molecule has 7 heteroatoms. The first-order valence-electron chi connectivity index (χ1n) is 8.49. The fourth-order valence-corrected chi connectivity index (χ4v) is 3.65. The molecule has 7 nitrogen and oxygen atoms in total. The number of carboxylic acid groups (broad SMARTS) is 1. The summed E-state index contributed by atoms with van der Waals surface area (Å²) in [6, 6.07) is 6.40. The summed E-state index contributed by atoms with van der Waals surface area (Å²) in [5.74, 6) is -1.30. The van der Waals surface area contributed by atoms with Gasteiger partial charge in [0.15, 0.2) is 0 Å². The molecule has 25 heavy (non-hydrogen) atoms. The van der Waals surface area contributed by atoms with Crippen LogP contribution in [0.5, 0.6) is 5.75 Å². The molecule has 0 bridgehead atoms. The van der Waals surface area contributed by atoms with Gasteiger partial charge >= 0.3 is 5.97 Å². The van der Waals surface area contributed by atoms with E-state index in [1.807, 2.05) is 12.1 Å². The second-order valence-electron chi connectivity index (χ2n) is 6.46. The van der Waals surface area contributed by atoms with E-state index in [2.05, 4.69) is 0 Å². The summed E-state index contributed by atoms with van der Waals surface area (Å²) < 4.78 is 5.30. The van der Waals surface area contributed by atoms with Crippen LogP contribution in [0.15, 0.2) is 24.3 Å².